The number of nitrogens with one attached hydrogen (secondary N) is 2. The summed E-state index contributed by atoms with van der Waals surface area (Å²) in [5.74, 6) is 0.565. The minimum absolute atomic E-state index is 0.0974. The molecule has 0 unspecified atom stereocenters. The van der Waals surface area contributed by atoms with Crippen LogP contribution >= 0.6 is 0 Å². The molecule has 0 radical (unpaired) electrons. The van der Waals surface area contributed by atoms with E-state index in [1.165, 1.54) is 28.1 Å². The molecule has 0 aromatic heterocycles. The maximum Gasteiger partial charge on any atom is 0.0604 e. The maximum atomic E-state index is 3.83. The summed E-state index contributed by atoms with van der Waals surface area (Å²) in [5, 5.41) is 7.65. The van der Waals surface area contributed by atoms with Gasteiger partial charge in [-0.1, -0.05) is 52.0 Å². The molecule has 2 aromatic carbocycles. The Labute approximate surface area is 146 Å². The predicted molar refractivity (Wildman–Crippen MR) is 105 cm³/mol. The van der Waals surface area contributed by atoms with Gasteiger partial charge in [-0.2, -0.15) is 0 Å². The number of benzene rings is 2. The van der Waals surface area contributed by atoms with Crippen molar-refractivity contribution in [3.63, 3.8) is 0 Å². The maximum absolute atomic E-state index is 3.83. The van der Waals surface area contributed by atoms with Crippen LogP contribution in [0.3, 0.4) is 0 Å². The monoisotopic (exact) mass is 322 g/mol. The van der Waals surface area contributed by atoms with Gasteiger partial charge in [0.1, 0.15) is 0 Å². The minimum atomic E-state index is 0.0974. The predicted octanol–water partition coefficient (Wildman–Crippen LogP) is 5.93. The minimum Gasteiger partial charge on any atom is -0.381 e. The third kappa shape index (κ3) is 3.02. The van der Waals surface area contributed by atoms with Crippen molar-refractivity contribution >= 4 is 11.4 Å². The Morgan fingerprint density at radius 3 is 2.38 bits per heavy atom. The van der Waals surface area contributed by atoms with Crippen molar-refractivity contribution in [3.8, 4) is 0 Å². The Morgan fingerprint density at radius 2 is 1.71 bits per heavy atom. The van der Waals surface area contributed by atoms with Gasteiger partial charge >= 0.3 is 0 Å². The number of hydrogen-bond donors (Lipinski definition) is 2. The number of rotatable bonds is 3. The molecule has 2 aromatic rings. The summed E-state index contributed by atoms with van der Waals surface area (Å²) >= 11 is 0. The van der Waals surface area contributed by atoms with E-state index in [9.17, 15) is 0 Å². The lowest BCUT2D eigenvalue weighted by molar-refractivity contribution is 0.205. The van der Waals surface area contributed by atoms with Gasteiger partial charge in [-0.25, -0.2) is 0 Å². The molecule has 3 rings (SSSR count). The van der Waals surface area contributed by atoms with Crippen molar-refractivity contribution in [2.45, 2.75) is 53.6 Å². The molecule has 0 spiro atoms. The van der Waals surface area contributed by atoms with Crippen LogP contribution in [0.25, 0.3) is 0 Å². The van der Waals surface area contributed by atoms with Gasteiger partial charge in [-0.05, 0) is 54.7 Å². The Bertz CT molecular complexity index is 730. The van der Waals surface area contributed by atoms with Gasteiger partial charge in [-0.3, -0.25) is 0 Å². The normalized spacial score (nSPS) is 22.0. The second kappa shape index (κ2) is 6.16. The van der Waals surface area contributed by atoms with Gasteiger partial charge in [0.25, 0.3) is 0 Å². The summed E-state index contributed by atoms with van der Waals surface area (Å²) in [5.41, 5.74) is 6.53. The van der Waals surface area contributed by atoms with E-state index in [1.54, 1.807) is 0 Å². The molecular weight excluding hydrogens is 292 g/mol. The fourth-order valence-electron chi connectivity index (χ4n) is 4.17. The Kier molecular flexibility index (Phi) is 4.33. The number of anilines is 2. The second-order valence-electron chi connectivity index (χ2n) is 8.22. The molecule has 2 N–H and O–H groups in total. The molecule has 0 bridgehead atoms. The largest absolute Gasteiger partial charge is 0.381 e. The highest BCUT2D eigenvalue weighted by Crippen LogP contribution is 2.48. The SMILES string of the molecule is Cc1cccc(N[C@@H]2c3ccc(C)cc3N[C@H](C(C)C)C2(C)C)c1. The molecular formula is C22H30N2. The topological polar surface area (TPSA) is 24.1 Å². The molecule has 0 amide bonds. The van der Waals surface area contributed by atoms with Crippen molar-refractivity contribution in [2.75, 3.05) is 10.6 Å². The lowest BCUT2D eigenvalue weighted by Crippen LogP contribution is -2.49. The van der Waals surface area contributed by atoms with E-state index < -0.39 is 0 Å². The number of aryl methyl sites for hydroxylation is 2. The molecule has 2 heteroatoms. The van der Waals surface area contributed by atoms with Crippen molar-refractivity contribution < 1.29 is 0 Å². The average Bonchev–Trinajstić information content (AvgIpc) is 2.49. The summed E-state index contributed by atoms with van der Waals surface area (Å²) < 4.78 is 0. The Morgan fingerprint density at radius 1 is 1.00 bits per heavy atom. The molecule has 0 aliphatic carbocycles. The van der Waals surface area contributed by atoms with E-state index in [1.807, 2.05) is 0 Å². The van der Waals surface area contributed by atoms with Gasteiger partial charge in [0.05, 0.1) is 6.04 Å². The third-order valence-electron chi connectivity index (χ3n) is 5.37. The van der Waals surface area contributed by atoms with Crippen LogP contribution in [0.1, 0.15) is 50.4 Å². The van der Waals surface area contributed by atoms with E-state index in [2.05, 4.69) is 94.6 Å². The molecule has 2 nitrogen and oxygen atoms in total. The van der Waals surface area contributed by atoms with Crippen LogP contribution in [0.5, 0.6) is 0 Å². The summed E-state index contributed by atoms with van der Waals surface area (Å²) in [7, 11) is 0. The van der Waals surface area contributed by atoms with Crippen molar-refractivity contribution in [1.82, 2.24) is 0 Å². The summed E-state index contributed by atoms with van der Waals surface area (Å²) in [6.45, 7) is 13.7. The fourth-order valence-corrected chi connectivity index (χ4v) is 4.17. The highest BCUT2D eigenvalue weighted by atomic mass is 15.0. The van der Waals surface area contributed by atoms with Gasteiger partial charge in [0, 0.05) is 22.8 Å². The van der Waals surface area contributed by atoms with Gasteiger partial charge < -0.3 is 10.6 Å². The van der Waals surface area contributed by atoms with E-state index >= 15 is 0 Å². The Balaban J connectivity index is 2.06. The first-order chi connectivity index (χ1) is 11.3. The van der Waals surface area contributed by atoms with Crippen molar-refractivity contribution in [2.24, 2.45) is 11.3 Å². The first-order valence-corrected chi connectivity index (χ1v) is 8.99. The highest BCUT2D eigenvalue weighted by Gasteiger charge is 2.44. The van der Waals surface area contributed by atoms with Crippen LogP contribution in [-0.2, 0) is 0 Å². The van der Waals surface area contributed by atoms with Gasteiger partial charge in [0.15, 0.2) is 0 Å². The van der Waals surface area contributed by atoms with Crippen LogP contribution in [-0.4, -0.2) is 6.04 Å². The summed E-state index contributed by atoms with van der Waals surface area (Å²) in [6, 6.07) is 16.2. The second-order valence-corrected chi connectivity index (χ2v) is 8.22. The average molecular weight is 322 g/mol. The van der Waals surface area contributed by atoms with E-state index in [0.29, 0.717) is 12.0 Å². The number of fused-ring (bicyclic) bond motifs is 1. The van der Waals surface area contributed by atoms with Crippen molar-refractivity contribution in [1.29, 1.82) is 0 Å². The van der Waals surface area contributed by atoms with Gasteiger partial charge in [0.2, 0.25) is 0 Å². The van der Waals surface area contributed by atoms with Gasteiger partial charge in [-0.15, -0.1) is 0 Å². The number of hydrogen-bond acceptors (Lipinski definition) is 2. The van der Waals surface area contributed by atoms with Crippen LogP contribution < -0.4 is 10.6 Å². The fraction of sp³-hybridized carbons (Fsp3) is 0.455. The molecule has 128 valence electrons. The first kappa shape index (κ1) is 16.9. The molecule has 1 aliphatic rings. The highest BCUT2D eigenvalue weighted by molar-refractivity contribution is 5.61. The first-order valence-electron chi connectivity index (χ1n) is 8.99. The van der Waals surface area contributed by atoms with E-state index in [-0.39, 0.29) is 11.5 Å². The lowest BCUT2D eigenvalue weighted by Gasteiger charge is -2.49. The van der Waals surface area contributed by atoms with Crippen LogP contribution in [0.4, 0.5) is 11.4 Å². The zero-order chi connectivity index (χ0) is 17.5. The molecule has 2 atom stereocenters. The zero-order valence-electron chi connectivity index (χ0n) is 15.8. The van der Waals surface area contributed by atoms with Crippen molar-refractivity contribution in [3.05, 3.63) is 59.2 Å². The van der Waals surface area contributed by atoms with E-state index in [0.717, 1.165) is 0 Å². The molecule has 0 saturated carbocycles. The van der Waals surface area contributed by atoms with Crippen LogP contribution in [0, 0.1) is 25.2 Å². The van der Waals surface area contributed by atoms with E-state index in [4.69, 9.17) is 0 Å². The summed E-state index contributed by atoms with van der Waals surface area (Å²) in [4.78, 5) is 0. The van der Waals surface area contributed by atoms with Crippen LogP contribution in [0.15, 0.2) is 42.5 Å². The molecule has 24 heavy (non-hydrogen) atoms. The molecule has 1 heterocycles. The van der Waals surface area contributed by atoms with Crippen LogP contribution in [0.2, 0.25) is 0 Å². The standard InChI is InChI=1S/C22H30N2/c1-14(2)20-22(5,6)21(23-17-9-7-8-15(3)12-17)18-11-10-16(4)13-19(18)24-20/h7-14,20-21,23-24H,1-6H3/t20-,21-/m1/s1. The Hall–Kier alpha value is -1.96. The smallest absolute Gasteiger partial charge is 0.0604 e. The summed E-state index contributed by atoms with van der Waals surface area (Å²) in [6.07, 6.45) is 0. The zero-order valence-corrected chi connectivity index (χ0v) is 15.8. The molecule has 0 saturated heterocycles. The quantitative estimate of drug-likeness (QED) is 0.731. The molecule has 1 aliphatic heterocycles. The third-order valence-corrected chi connectivity index (χ3v) is 5.37. The molecule has 0 fully saturated rings. The lowest BCUT2D eigenvalue weighted by atomic mass is 9.68.